The van der Waals surface area contributed by atoms with Crippen molar-refractivity contribution in [2.24, 2.45) is 7.05 Å². The summed E-state index contributed by atoms with van der Waals surface area (Å²) >= 11 is 6.12. The first kappa shape index (κ1) is 12.7. The van der Waals surface area contributed by atoms with Gasteiger partial charge in [0.15, 0.2) is 0 Å². The minimum atomic E-state index is 0.586. The van der Waals surface area contributed by atoms with Gasteiger partial charge in [-0.25, -0.2) is 4.98 Å². The molecule has 0 bridgehead atoms. The molecule has 3 nitrogen and oxygen atoms in total. The number of imidazole rings is 1. The van der Waals surface area contributed by atoms with E-state index in [0.29, 0.717) is 10.6 Å². The van der Waals surface area contributed by atoms with Gasteiger partial charge >= 0.3 is 0 Å². The Bertz CT molecular complexity index is 836. The van der Waals surface area contributed by atoms with E-state index in [2.05, 4.69) is 11.1 Å². The van der Waals surface area contributed by atoms with Crippen LogP contribution in [-0.4, -0.2) is 9.55 Å². The minimum absolute atomic E-state index is 0.586. The first-order chi connectivity index (χ1) is 9.60. The zero-order valence-electron chi connectivity index (χ0n) is 11.2. The summed E-state index contributed by atoms with van der Waals surface area (Å²) < 4.78 is 1.99. The van der Waals surface area contributed by atoms with Crippen molar-refractivity contribution in [3.63, 3.8) is 0 Å². The maximum Gasteiger partial charge on any atom is 0.140 e. The van der Waals surface area contributed by atoms with E-state index in [1.165, 1.54) is 0 Å². The van der Waals surface area contributed by atoms with Gasteiger partial charge in [-0.3, -0.25) is 0 Å². The van der Waals surface area contributed by atoms with Crippen LogP contribution in [0.25, 0.3) is 22.4 Å². The molecule has 3 rings (SSSR count). The second-order valence-corrected chi connectivity index (χ2v) is 5.23. The smallest absolute Gasteiger partial charge is 0.140 e. The van der Waals surface area contributed by atoms with Crippen LogP contribution in [-0.2, 0) is 7.05 Å². The van der Waals surface area contributed by atoms with Gasteiger partial charge in [0, 0.05) is 17.6 Å². The summed E-state index contributed by atoms with van der Waals surface area (Å²) in [6.07, 6.45) is 0. The normalized spacial score (nSPS) is 10.7. The van der Waals surface area contributed by atoms with E-state index in [9.17, 15) is 5.26 Å². The fourth-order valence-electron chi connectivity index (χ4n) is 2.43. The van der Waals surface area contributed by atoms with Crippen molar-refractivity contribution in [2.75, 3.05) is 0 Å². The molecule has 4 heteroatoms. The van der Waals surface area contributed by atoms with E-state index in [1.54, 1.807) is 6.07 Å². The molecular weight excluding hydrogens is 270 g/mol. The zero-order valence-corrected chi connectivity index (χ0v) is 11.9. The van der Waals surface area contributed by atoms with Crippen LogP contribution in [0.2, 0.25) is 5.02 Å². The van der Waals surface area contributed by atoms with Crippen LogP contribution in [0.5, 0.6) is 0 Å². The third-order valence-electron chi connectivity index (χ3n) is 3.33. The summed E-state index contributed by atoms with van der Waals surface area (Å²) in [5, 5.41) is 9.86. The third kappa shape index (κ3) is 1.95. The predicted octanol–water partition coefficient (Wildman–Crippen LogP) is 4.07. The average Bonchev–Trinajstić information content (AvgIpc) is 2.75. The van der Waals surface area contributed by atoms with E-state index in [4.69, 9.17) is 11.6 Å². The Kier molecular flexibility index (Phi) is 2.96. The van der Waals surface area contributed by atoms with Crippen LogP contribution < -0.4 is 0 Å². The van der Waals surface area contributed by atoms with Crippen LogP contribution in [0.4, 0.5) is 0 Å². The number of halogens is 1. The largest absolute Gasteiger partial charge is 0.327 e. The molecule has 0 amide bonds. The lowest BCUT2D eigenvalue weighted by atomic mass is 10.1. The Morgan fingerprint density at radius 2 is 2.05 bits per heavy atom. The summed E-state index contributed by atoms with van der Waals surface area (Å²) in [6.45, 7) is 2.00. The number of hydrogen-bond acceptors (Lipinski definition) is 2. The Morgan fingerprint density at radius 3 is 2.75 bits per heavy atom. The molecule has 0 spiro atoms. The summed E-state index contributed by atoms with van der Waals surface area (Å²) in [5.41, 5.74) is 4.29. The Morgan fingerprint density at radius 1 is 1.25 bits per heavy atom. The number of nitrogens with zero attached hydrogens (tertiary/aromatic N) is 3. The fourth-order valence-corrected chi connectivity index (χ4v) is 2.72. The third-order valence-corrected chi connectivity index (χ3v) is 3.55. The Balaban J connectivity index is 2.32. The molecule has 0 saturated carbocycles. The van der Waals surface area contributed by atoms with Crippen LogP contribution in [0.3, 0.4) is 0 Å². The van der Waals surface area contributed by atoms with Crippen molar-refractivity contribution in [3.8, 4) is 17.5 Å². The molecule has 0 radical (unpaired) electrons. The van der Waals surface area contributed by atoms with Gasteiger partial charge < -0.3 is 4.57 Å². The molecule has 20 heavy (non-hydrogen) atoms. The van der Waals surface area contributed by atoms with Crippen LogP contribution in [0, 0.1) is 18.3 Å². The number of aromatic nitrogens is 2. The molecule has 0 aliphatic carbocycles. The summed E-state index contributed by atoms with van der Waals surface area (Å²) in [5.74, 6) is 0.813. The first-order valence-electron chi connectivity index (χ1n) is 6.23. The molecule has 98 valence electrons. The molecular formula is C16H12ClN3. The van der Waals surface area contributed by atoms with Crippen LogP contribution >= 0.6 is 11.6 Å². The number of nitriles is 1. The number of para-hydroxylation sites is 1. The summed E-state index contributed by atoms with van der Waals surface area (Å²) in [6, 6.07) is 13.6. The van der Waals surface area contributed by atoms with Gasteiger partial charge in [0.1, 0.15) is 17.4 Å². The molecule has 1 heterocycles. The van der Waals surface area contributed by atoms with Crippen molar-refractivity contribution >= 4 is 22.6 Å². The maximum atomic E-state index is 9.17. The van der Waals surface area contributed by atoms with Gasteiger partial charge in [-0.1, -0.05) is 17.7 Å². The van der Waals surface area contributed by atoms with Crippen molar-refractivity contribution < 1.29 is 0 Å². The standard InChI is InChI=1S/C16H12ClN3/c1-10-6-12(8-13(17)7-10)16-19-15-11(9-18)4-3-5-14(15)20(16)2/h3-8H,1-2H3. The van der Waals surface area contributed by atoms with Crippen molar-refractivity contribution in [1.82, 2.24) is 9.55 Å². The van der Waals surface area contributed by atoms with Crippen molar-refractivity contribution in [1.29, 1.82) is 5.26 Å². The number of fused-ring (bicyclic) bond motifs is 1. The van der Waals surface area contributed by atoms with E-state index in [0.717, 1.165) is 28.0 Å². The predicted molar refractivity (Wildman–Crippen MR) is 80.6 cm³/mol. The van der Waals surface area contributed by atoms with E-state index in [-0.39, 0.29) is 0 Å². The van der Waals surface area contributed by atoms with Gasteiger partial charge in [-0.05, 0) is 42.8 Å². The van der Waals surface area contributed by atoms with Crippen molar-refractivity contribution in [3.05, 3.63) is 52.5 Å². The van der Waals surface area contributed by atoms with Gasteiger partial charge in [0.05, 0.1) is 11.1 Å². The highest BCUT2D eigenvalue weighted by Crippen LogP contribution is 2.28. The highest BCUT2D eigenvalue weighted by molar-refractivity contribution is 6.30. The molecule has 0 fully saturated rings. The van der Waals surface area contributed by atoms with Crippen molar-refractivity contribution in [2.45, 2.75) is 6.92 Å². The molecule has 1 aromatic heterocycles. The van der Waals surface area contributed by atoms with E-state index < -0.39 is 0 Å². The molecule has 0 atom stereocenters. The second-order valence-electron chi connectivity index (χ2n) is 4.80. The minimum Gasteiger partial charge on any atom is -0.327 e. The zero-order chi connectivity index (χ0) is 14.3. The molecule has 2 aromatic carbocycles. The highest BCUT2D eigenvalue weighted by Gasteiger charge is 2.13. The number of aryl methyl sites for hydroxylation is 2. The summed E-state index contributed by atoms with van der Waals surface area (Å²) in [4.78, 5) is 4.62. The lowest BCUT2D eigenvalue weighted by molar-refractivity contribution is 0.959. The summed E-state index contributed by atoms with van der Waals surface area (Å²) in [7, 11) is 1.95. The highest BCUT2D eigenvalue weighted by atomic mass is 35.5. The number of hydrogen-bond donors (Lipinski definition) is 0. The van der Waals surface area contributed by atoms with Gasteiger partial charge in [-0.2, -0.15) is 5.26 Å². The maximum absolute atomic E-state index is 9.17. The van der Waals surface area contributed by atoms with Gasteiger partial charge in [0.25, 0.3) is 0 Å². The van der Waals surface area contributed by atoms with Gasteiger partial charge in [-0.15, -0.1) is 0 Å². The molecule has 0 saturated heterocycles. The number of rotatable bonds is 1. The Hall–Kier alpha value is -2.31. The topological polar surface area (TPSA) is 41.6 Å². The monoisotopic (exact) mass is 281 g/mol. The molecule has 3 aromatic rings. The fraction of sp³-hybridized carbons (Fsp3) is 0.125. The average molecular weight is 282 g/mol. The second kappa shape index (κ2) is 4.66. The lowest BCUT2D eigenvalue weighted by Crippen LogP contribution is -1.92. The van der Waals surface area contributed by atoms with Crippen LogP contribution in [0.15, 0.2) is 36.4 Å². The lowest BCUT2D eigenvalue weighted by Gasteiger charge is -2.04. The van der Waals surface area contributed by atoms with Crippen LogP contribution in [0.1, 0.15) is 11.1 Å². The SMILES string of the molecule is Cc1cc(Cl)cc(-c2nc3c(C#N)cccc3n2C)c1. The Labute approximate surface area is 122 Å². The van der Waals surface area contributed by atoms with E-state index >= 15 is 0 Å². The van der Waals surface area contributed by atoms with E-state index in [1.807, 2.05) is 48.9 Å². The molecule has 0 aliphatic rings. The van der Waals surface area contributed by atoms with Gasteiger partial charge in [0.2, 0.25) is 0 Å². The number of benzene rings is 2. The molecule has 0 unspecified atom stereocenters. The molecule has 0 aliphatic heterocycles. The quantitative estimate of drug-likeness (QED) is 0.674. The molecule has 0 N–H and O–H groups in total. The first-order valence-corrected chi connectivity index (χ1v) is 6.61.